The number of alkyl carbamates (subject to hydrolysis) is 1. The molecule has 3 saturated heterocycles. The van der Waals surface area contributed by atoms with Gasteiger partial charge in [0.2, 0.25) is 11.8 Å². The number of anilines is 2. The molecule has 3 fully saturated rings. The van der Waals surface area contributed by atoms with Crippen molar-refractivity contribution in [1.29, 1.82) is 0 Å². The summed E-state index contributed by atoms with van der Waals surface area (Å²) in [6.45, 7) is -0.841. The van der Waals surface area contributed by atoms with Gasteiger partial charge in [-0.05, 0) is 74.7 Å². The van der Waals surface area contributed by atoms with Crippen molar-refractivity contribution in [3.8, 4) is 0 Å². The smallest absolute Gasteiger partial charge is 0.410 e. The fourth-order valence-corrected chi connectivity index (χ4v) is 12.2. The first-order chi connectivity index (χ1) is 40.6. The van der Waals surface area contributed by atoms with E-state index >= 15 is 8.78 Å². The van der Waals surface area contributed by atoms with E-state index < -0.39 is 140 Å². The molecule has 86 heavy (non-hydrogen) atoms. The monoisotopic (exact) mass is 1280 g/mol. The summed E-state index contributed by atoms with van der Waals surface area (Å²) in [4.78, 5) is 110. The second kappa shape index (κ2) is 25.8. The van der Waals surface area contributed by atoms with E-state index in [1.807, 2.05) is 0 Å². The van der Waals surface area contributed by atoms with Gasteiger partial charge in [0.1, 0.15) is 66.5 Å². The number of aliphatic hydroxyl groups excluding tert-OH is 1. The molecule has 0 spiro atoms. The number of hydrogen-bond acceptors (Lipinski definition) is 21. The number of thiol groups is 1. The molecule has 2 aromatic carbocycles. The van der Waals surface area contributed by atoms with E-state index in [2.05, 4.69) is 58.4 Å². The molecule has 0 saturated carbocycles. The summed E-state index contributed by atoms with van der Waals surface area (Å²) in [7, 11) is 1.47. The Balaban J connectivity index is 0.810. The van der Waals surface area contributed by atoms with Crippen molar-refractivity contribution in [1.82, 2.24) is 49.6 Å². The van der Waals surface area contributed by atoms with Gasteiger partial charge in [-0.3, -0.25) is 37.3 Å². The molecular formula is C51H60F2N12O17P2S2. The van der Waals surface area contributed by atoms with E-state index in [9.17, 15) is 43.3 Å². The number of H-pyrrole nitrogens is 1. The van der Waals surface area contributed by atoms with Crippen LogP contribution in [0.2, 0.25) is 0 Å². The van der Waals surface area contributed by atoms with Crippen LogP contribution in [0.5, 0.6) is 0 Å². The number of carbonyl (C=O) groups is 5. The number of amides is 5. The second-order valence-electron chi connectivity index (χ2n) is 21.4. The van der Waals surface area contributed by atoms with Gasteiger partial charge in [-0.25, -0.2) is 42.9 Å². The van der Waals surface area contributed by atoms with Gasteiger partial charge in [-0.2, -0.15) is 0 Å². The lowest BCUT2D eigenvalue weighted by molar-refractivity contribution is -0.128. The standard InChI is InChI=1S/C51H60F2N12O17P2S2/c1-24(2)35(61-49(71)80-51(4,5)6)46(70)59-25(3)43(67)60-28-14-12-26(13-15-28)18-75-50(72)63(7)16-27-10-8-9-11-29(27)44(68)62-40-36-42(56-21-54-40)65(23-58-36)47-34(53)38-32(79-47)20-77-84(74,86)82-39-37(66)31(19-76-83(73,85)81-38)78-48(39)64-17-30(52)33-41(64)55-22-57-45(33)69/h8-15,17,21-25,31-32,34-35,37-39,47-48,66H,16,18-20H2,1-7H3,(H,59,70)(H,60,67)(H,61,71)(H,73,85)(H,74,86)(H,55,57,69)(H,54,56,62,68)/t25-,31+,32+,34+,35-,37+,38+,39+,47+,48+,83?,84?/m0/s1. The summed E-state index contributed by atoms with van der Waals surface area (Å²) in [5, 5.41) is 21.5. The van der Waals surface area contributed by atoms with E-state index in [1.54, 1.807) is 77.1 Å². The maximum Gasteiger partial charge on any atom is 0.410 e. The van der Waals surface area contributed by atoms with Crippen LogP contribution in [0.4, 0.5) is 29.9 Å². The van der Waals surface area contributed by atoms with E-state index in [-0.39, 0.29) is 47.3 Å². The molecule has 2 bridgehead atoms. The topological polar surface area (TPSA) is 362 Å². The van der Waals surface area contributed by atoms with Crippen LogP contribution in [0.25, 0.3) is 22.2 Å². The molecule has 35 heteroatoms. The average molecular weight is 1280 g/mol. The number of alkyl halides is 1. The maximum atomic E-state index is 16.8. The van der Waals surface area contributed by atoms with Crippen molar-refractivity contribution >= 4 is 101 Å². The summed E-state index contributed by atoms with van der Waals surface area (Å²) < 4.78 is 93.2. The molecule has 12 atom stereocenters. The van der Waals surface area contributed by atoms with E-state index in [0.29, 0.717) is 16.8 Å². The number of rotatable bonds is 14. The molecule has 462 valence electrons. The lowest BCUT2D eigenvalue weighted by atomic mass is 10.0. The number of carbonyl (C=O) groups excluding carboxylic acids is 5. The molecule has 3 aliphatic heterocycles. The number of imidazole rings is 1. The first-order valence-electron chi connectivity index (χ1n) is 26.4. The highest BCUT2D eigenvalue weighted by molar-refractivity contribution is 8.44. The van der Waals surface area contributed by atoms with Gasteiger partial charge >= 0.3 is 25.7 Å². The molecule has 7 heterocycles. The van der Waals surface area contributed by atoms with Crippen molar-refractivity contribution in [2.45, 2.75) is 122 Å². The molecule has 29 nitrogen and oxygen atoms in total. The Kier molecular flexibility index (Phi) is 19.1. The van der Waals surface area contributed by atoms with Crippen LogP contribution < -0.4 is 26.8 Å². The number of nitrogens with zero attached hydrogens (tertiary/aromatic N) is 7. The molecule has 4 aromatic heterocycles. The summed E-state index contributed by atoms with van der Waals surface area (Å²) in [6, 6.07) is 10.9. The fourth-order valence-electron chi connectivity index (χ4n) is 9.35. The molecule has 5 amide bonds. The number of aliphatic hydroxyl groups is 1. The molecule has 0 radical (unpaired) electrons. The summed E-state index contributed by atoms with van der Waals surface area (Å²) >= 11 is 9.36. The predicted molar refractivity (Wildman–Crippen MR) is 306 cm³/mol. The first kappa shape index (κ1) is 63.6. The van der Waals surface area contributed by atoms with Gasteiger partial charge in [-0.1, -0.05) is 56.4 Å². The molecule has 3 aliphatic rings. The van der Waals surface area contributed by atoms with Gasteiger partial charge < -0.3 is 69.2 Å². The normalized spacial score (nSPS) is 25.9. The Morgan fingerprint density at radius 2 is 1.63 bits per heavy atom. The number of aromatic nitrogens is 7. The third kappa shape index (κ3) is 14.6. The molecule has 0 aliphatic carbocycles. The molecule has 7 N–H and O–H groups in total. The van der Waals surface area contributed by atoms with Crippen LogP contribution in [0.15, 0.2) is 78.5 Å². The molecular weight excluding hydrogens is 1220 g/mol. The van der Waals surface area contributed by atoms with Gasteiger partial charge in [0.25, 0.3) is 11.5 Å². The van der Waals surface area contributed by atoms with Gasteiger partial charge in [0.05, 0.1) is 25.9 Å². The largest absolute Gasteiger partial charge is 0.445 e. The lowest BCUT2D eigenvalue weighted by Crippen LogP contribution is -2.54. The Morgan fingerprint density at radius 1 is 0.919 bits per heavy atom. The minimum absolute atomic E-state index is 0.0323. The van der Waals surface area contributed by atoms with Crippen molar-refractivity contribution in [3.05, 3.63) is 107 Å². The Labute approximate surface area is 498 Å². The van der Waals surface area contributed by atoms with Crippen molar-refractivity contribution in [3.63, 3.8) is 0 Å². The van der Waals surface area contributed by atoms with E-state index in [0.717, 1.165) is 34.3 Å². The highest BCUT2D eigenvalue weighted by Crippen LogP contribution is 2.58. The lowest BCUT2D eigenvalue weighted by Gasteiger charge is -2.27. The molecule has 9 rings (SSSR count). The minimum Gasteiger partial charge on any atom is -0.445 e. The summed E-state index contributed by atoms with van der Waals surface area (Å²) in [6.07, 6.45) is -11.1. The number of halogens is 2. The first-order valence-corrected chi connectivity index (χ1v) is 31.7. The third-order valence-electron chi connectivity index (χ3n) is 13.5. The SMILES string of the molecule is CC(C)[C@H](NC(=O)OC(C)(C)C)C(=O)N[C@@H](C)C(=O)Nc1ccc(COC(=O)N(C)Cc2ccccc2C(=O)Nc2ncnc3c2ncn3[C@@H]2O[C@@H]3COP(O)(=S)O[C@@H]4[C@H](O)[C@@H](COP(=O)(S)O[C@H]3[C@H]2F)O[C@H]4n2cc(F)c3c(=O)[nH]cnc32)cc1. The Bertz CT molecular complexity index is 3710. The van der Waals surface area contributed by atoms with E-state index in [4.69, 9.17) is 48.8 Å². The fraction of sp³-hybridized carbons (Fsp3) is 0.451. The average Bonchev–Trinajstić information content (AvgIpc) is 1.70. The minimum atomic E-state index is -4.62. The zero-order valence-corrected chi connectivity index (χ0v) is 50.3. The van der Waals surface area contributed by atoms with Gasteiger partial charge in [0, 0.05) is 31.0 Å². The van der Waals surface area contributed by atoms with Crippen LogP contribution in [0, 0.1) is 11.7 Å². The van der Waals surface area contributed by atoms with Gasteiger partial charge in [0.15, 0.2) is 47.1 Å². The maximum absolute atomic E-state index is 16.8. The Morgan fingerprint density at radius 3 is 2.35 bits per heavy atom. The summed E-state index contributed by atoms with van der Waals surface area (Å²) in [5.41, 5.74) is -0.436. The van der Waals surface area contributed by atoms with Crippen LogP contribution >= 0.6 is 25.8 Å². The number of aromatic amines is 1. The van der Waals surface area contributed by atoms with Crippen LogP contribution in [-0.4, -0.2) is 153 Å². The number of benzene rings is 2. The summed E-state index contributed by atoms with van der Waals surface area (Å²) in [5.74, 6) is -3.22. The third-order valence-corrected chi connectivity index (χ3v) is 16.7. The van der Waals surface area contributed by atoms with Crippen LogP contribution in [0.3, 0.4) is 0 Å². The quantitative estimate of drug-likeness (QED) is 0.0508. The number of hydrogen-bond donors (Lipinski definition) is 8. The highest BCUT2D eigenvalue weighted by Gasteiger charge is 2.54. The van der Waals surface area contributed by atoms with Gasteiger partial charge in [-0.15, -0.1) is 0 Å². The van der Waals surface area contributed by atoms with Crippen molar-refractivity contribution in [2.24, 2.45) is 5.92 Å². The predicted octanol–water partition coefficient (Wildman–Crippen LogP) is 5.28. The zero-order valence-electron chi connectivity index (χ0n) is 46.8. The Hall–Kier alpha value is -6.87. The van der Waals surface area contributed by atoms with Crippen LogP contribution in [0.1, 0.15) is 75.5 Å². The number of ether oxygens (including phenoxy) is 4. The second-order valence-corrected chi connectivity index (χ2v) is 27.1. The number of fused-ring (bicyclic) bond motifs is 5. The zero-order chi connectivity index (χ0) is 62.2. The van der Waals surface area contributed by atoms with Crippen molar-refractivity contribution < 1.29 is 84.4 Å². The van der Waals surface area contributed by atoms with Crippen LogP contribution in [-0.2, 0) is 76.2 Å². The van der Waals surface area contributed by atoms with E-state index in [1.165, 1.54) is 24.9 Å². The molecule has 6 aromatic rings. The number of nitrogens with one attached hydrogen (secondary N) is 5. The highest BCUT2D eigenvalue weighted by atomic mass is 32.7. The molecule has 2 unspecified atom stereocenters. The van der Waals surface area contributed by atoms with Crippen molar-refractivity contribution in [2.75, 3.05) is 30.9 Å².